The number of piperazine rings is 1. The van der Waals surface area contributed by atoms with Crippen molar-refractivity contribution >= 4 is 21.6 Å². The first-order chi connectivity index (χ1) is 14.3. The van der Waals surface area contributed by atoms with Gasteiger partial charge in [-0.1, -0.05) is 58.4 Å². The van der Waals surface area contributed by atoms with Crippen LogP contribution in [0.4, 0.5) is 5.69 Å². The van der Waals surface area contributed by atoms with Crippen molar-refractivity contribution in [2.75, 3.05) is 37.7 Å². The van der Waals surface area contributed by atoms with Gasteiger partial charge in [0, 0.05) is 49.3 Å². The lowest BCUT2D eigenvalue weighted by Crippen LogP contribution is -2.45. The van der Waals surface area contributed by atoms with Crippen LogP contribution in [0.5, 0.6) is 5.75 Å². The average Bonchev–Trinajstić information content (AvgIpc) is 2.77. The molecule has 4 heteroatoms. The summed E-state index contributed by atoms with van der Waals surface area (Å²) in [5, 5.41) is 0. The van der Waals surface area contributed by atoms with Gasteiger partial charge in [-0.25, -0.2) is 0 Å². The van der Waals surface area contributed by atoms with E-state index < -0.39 is 0 Å². The van der Waals surface area contributed by atoms with Crippen molar-refractivity contribution in [3.05, 3.63) is 94.5 Å². The van der Waals surface area contributed by atoms with Crippen molar-refractivity contribution < 1.29 is 4.74 Å². The van der Waals surface area contributed by atoms with Crippen LogP contribution < -0.4 is 9.64 Å². The largest absolute Gasteiger partial charge is 0.493 e. The highest BCUT2D eigenvalue weighted by Crippen LogP contribution is 2.18. The lowest BCUT2D eigenvalue weighted by Gasteiger charge is -2.36. The van der Waals surface area contributed by atoms with E-state index in [0.29, 0.717) is 6.61 Å². The summed E-state index contributed by atoms with van der Waals surface area (Å²) in [7, 11) is 0. The molecule has 1 aliphatic rings. The molecule has 0 saturated carbocycles. The van der Waals surface area contributed by atoms with Crippen molar-refractivity contribution in [2.24, 2.45) is 0 Å². The Labute approximate surface area is 182 Å². The fourth-order valence-electron chi connectivity index (χ4n) is 3.69. The Balaban J connectivity index is 1.21. The maximum atomic E-state index is 5.83. The first-order valence-corrected chi connectivity index (χ1v) is 11.0. The third kappa shape index (κ3) is 5.84. The summed E-state index contributed by atoms with van der Waals surface area (Å²) in [5.74, 6) is 0.916. The minimum Gasteiger partial charge on any atom is -0.493 e. The zero-order chi connectivity index (χ0) is 19.9. The maximum absolute atomic E-state index is 5.83. The molecule has 0 unspecified atom stereocenters. The van der Waals surface area contributed by atoms with Crippen LogP contribution in [0.1, 0.15) is 11.1 Å². The second-order valence-corrected chi connectivity index (χ2v) is 8.38. The topological polar surface area (TPSA) is 15.7 Å². The number of halogens is 1. The molecule has 0 amide bonds. The van der Waals surface area contributed by atoms with Gasteiger partial charge in [-0.15, -0.1) is 0 Å². The molecular weight excluding hydrogens is 424 g/mol. The van der Waals surface area contributed by atoms with Gasteiger partial charge in [-0.05, 0) is 47.5 Å². The number of ether oxygens (including phenoxy) is 1. The minimum absolute atomic E-state index is 0.697. The van der Waals surface area contributed by atoms with Gasteiger partial charge in [-0.3, -0.25) is 4.90 Å². The summed E-state index contributed by atoms with van der Waals surface area (Å²) >= 11 is 3.44. The highest BCUT2D eigenvalue weighted by atomic mass is 79.9. The Hall–Kier alpha value is -2.30. The van der Waals surface area contributed by atoms with Crippen LogP contribution in [0.15, 0.2) is 83.3 Å². The van der Waals surface area contributed by atoms with Crippen LogP contribution in [0.25, 0.3) is 0 Å². The molecule has 1 heterocycles. The van der Waals surface area contributed by atoms with Gasteiger partial charge in [0.1, 0.15) is 5.75 Å². The molecular formula is C25H27BrN2O. The lowest BCUT2D eigenvalue weighted by atomic mass is 10.1. The molecule has 0 N–H and O–H groups in total. The highest BCUT2D eigenvalue weighted by molar-refractivity contribution is 9.10. The molecule has 0 aliphatic carbocycles. The number of hydrogen-bond acceptors (Lipinski definition) is 3. The molecule has 4 rings (SSSR count). The molecule has 1 fully saturated rings. The molecule has 3 aromatic rings. The highest BCUT2D eigenvalue weighted by Gasteiger charge is 2.17. The van der Waals surface area contributed by atoms with Gasteiger partial charge in [0.15, 0.2) is 0 Å². The Morgan fingerprint density at radius 3 is 2.07 bits per heavy atom. The molecule has 3 aromatic carbocycles. The Kier molecular flexibility index (Phi) is 6.86. The quantitative estimate of drug-likeness (QED) is 0.479. The molecule has 1 aliphatic heterocycles. The number of para-hydroxylation sites is 1. The minimum atomic E-state index is 0.697. The second-order valence-electron chi connectivity index (χ2n) is 7.47. The van der Waals surface area contributed by atoms with Crippen LogP contribution in [0.3, 0.4) is 0 Å². The normalized spacial score (nSPS) is 14.7. The molecule has 150 valence electrons. The summed E-state index contributed by atoms with van der Waals surface area (Å²) in [4.78, 5) is 5.02. The van der Waals surface area contributed by atoms with Gasteiger partial charge in [-0.2, -0.15) is 0 Å². The summed E-state index contributed by atoms with van der Waals surface area (Å²) in [6.07, 6.45) is 0.923. The number of hydrogen-bond donors (Lipinski definition) is 0. The van der Waals surface area contributed by atoms with E-state index in [0.717, 1.165) is 49.4 Å². The Morgan fingerprint density at radius 1 is 0.724 bits per heavy atom. The van der Waals surface area contributed by atoms with Crippen molar-refractivity contribution in [3.8, 4) is 5.75 Å². The van der Waals surface area contributed by atoms with E-state index in [2.05, 4.69) is 80.3 Å². The SMILES string of the molecule is Brc1ccc(OCCc2ccc(CN3CCN(c4ccccc4)CC3)cc2)cc1. The van der Waals surface area contributed by atoms with Gasteiger partial charge >= 0.3 is 0 Å². The average molecular weight is 451 g/mol. The van der Waals surface area contributed by atoms with Crippen LogP contribution in [-0.4, -0.2) is 37.7 Å². The summed E-state index contributed by atoms with van der Waals surface area (Å²) < 4.78 is 6.90. The van der Waals surface area contributed by atoms with Gasteiger partial charge < -0.3 is 9.64 Å². The summed E-state index contributed by atoms with van der Waals surface area (Å²) in [6.45, 7) is 6.13. The lowest BCUT2D eigenvalue weighted by molar-refractivity contribution is 0.250. The van der Waals surface area contributed by atoms with E-state index in [9.17, 15) is 0 Å². The Bertz CT molecular complexity index is 873. The van der Waals surface area contributed by atoms with E-state index >= 15 is 0 Å². The first kappa shape index (κ1) is 20.0. The number of benzene rings is 3. The number of anilines is 1. The van der Waals surface area contributed by atoms with Crippen molar-refractivity contribution in [1.29, 1.82) is 0 Å². The van der Waals surface area contributed by atoms with E-state index in [1.54, 1.807) is 0 Å². The molecule has 0 aromatic heterocycles. The van der Waals surface area contributed by atoms with Gasteiger partial charge in [0.05, 0.1) is 6.61 Å². The second kappa shape index (κ2) is 9.95. The molecule has 0 spiro atoms. The van der Waals surface area contributed by atoms with Gasteiger partial charge in [0.2, 0.25) is 0 Å². The van der Waals surface area contributed by atoms with E-state index in [1.165, 1.54) is 16.8 Å². The van der Waals surface area contributed by atoms with E-state index in [-0.39, 0.29) is 0 Å². The first-order valence-electron chi connectivity index (χ1n) is 10.2. The smallest absolute Gasteiger partial charge is 0.119 e. The van der Waals surface area contributed by atoms with Crippen LogP contribution in [0, 0.1) is 0 Å². The third-order valence-electron chi connectivity index (χ3n) is 5.40. The summed E-state index contributed by atoms with van der Waals surface area (Å²) in [6, 6.07) is 27.7. The predicted molar refractivity (Wildman–Crippen MR) is 124 cm³/mol. The van der Waals surface area contributed by atoms with E-state index in [1.807, 2.05) is 24.3 Å². The van der Waals surface area contributed by atoms with Crippen LogP contribution in [0.2, 0.25) is 0 Å². The molecule has 0 radical (unpaired) electrons. The molecule has 0 bridgehead atoms. The van der Waals surface area contributed by atoms with Crippen molar-refractivity contribution in [1.82, 2.24) is 4.90 Å². The monoisotopic (exact) mass is 450 g/mol. The predicted octanol–water partition coefficient (Wildman–Crippen LogP) is 5.39. The molecule has 1 saturated heterocycles. The standard InChI is InChI=1S/C25H27BrN2O/c26-23-10-12-25(13-11-23)29-19-14-21-6-8-22(9-7-21)20-27-15-17-28(18-16-27)24-4-2-1-3-5-24/h1-13H,14-20H2. The van der Waals surface area contributed by atoms with Crippen molar-refractivity contribution in [3.63, 3.8) is 0 Å². The molecule has 29 heavy (non-hydrogen) atoms. The summed E-state index contributed by atoms with van der Waals surface area (Å²) in [5.41, 5.74) is 4.04. The number of rotatable bonds is 7. The fourth-order valence-corrected chi connectivity index (χ4v) is 3.95. The van der Waals surface area contributed by atoms with Gasteiger partial charge in [0.25, 0.3) is 0 Å². The molecule has 0 atom stereocenters. The van der Waals surface area contributed by atoms with Crippen molar-refractivity contribution in [2.45, 2.75) is 13.0 Å². The Morgan fingerprint density at radius 2 is 1.38 bits per heavy atom. The zero-order valence-corrected chi connectivity index (χ0v) is 18.2. The number of nitrogens with zero attached hydrogens (tertiary/aromatic N) is 2. The zero-order valence-electron chi connectivity index (χ0n) is 16.6. The molecule has 3 nitrogen and oxygen atoms in total. The fraction of sp³-hybridized carbons (Fsp3) is 0.280. The maximum Gasteiger partial charge on any atom is 0.119 e. The van der Waals surface area contributed by atoms with Crippen LogP contribution in [-0.2, 0) is 13.0 Å². The van der Waals surface area contributed by atoms with Crippen LogP contribution >= 0.6 is 15.9 Å². The third-order valence-corrected chi connectivity index (χ3v) is 5.92. The van der Waals surface area contributed by atoms with E-state index in [4.69, 9.17) is 4.74 Å².